The van der Waals surface area contributed by atoms with Crippen LogP contribution in [0.3, 0.4) is 0 Å². The molecule has 1 N–H and O–H groups in total. The minimum absolute atomic E-state index is 0.369. The van der Waals surface area contributed by atoms with Crippen molar-refractivity contribution in [3.05, 3.63) is 35.4 Å². The SMILES string of the molecule is CNC1CCN(C(=O)CC2CCc3ccccc3C2)CC1. The molecule has 1 fully saturated rings. The summed E-state index contributed by atoms with van der Waals surface area (Å²) in [5.41, 5.74) is 2.94. The number of likely N-dealkylation sites (tertiary alicyclic amines) is 1. The van der Waals surface area contributed by atoms with Crippen LogP contribution in [0.5, 0.6) is 0 Å². The van der Waals surface area contributed by atoms with Crippen LogP contribution in [-0.4, -0.2) is 37.0 Å². The number of carbonyl (C=O) groups is 1. The Morgan fingerprint density at radius 1 is 1.19 bits per heavy atom. The second kappa shape index (κ2) is 6.61. The van der Waals surface area contributed by atoms with E-state index in [1.807, 2.05) is 7.05 Å². The van der Waals surface area contributed by atoms with E-state index < -0.39 is 0 Å². The summed E-state index contributed by atoms with van der Waals surface area (Å²) < 4.78 is 0. The second-order valence-corrected chi connectivity index (χ2v) is 6.53. The van der Waals surface area contributed by atoms with E-state index >= 15 is 0 Å². The second-order valence-electron chi connectivity index (χ2n) is 6.53. The van der Waals surface area contributed by atoms with Gasteiger partial charge in [-0.2, -0.15) is 0 Å². The molecule has 1 saturated heterocycles. The Morgan fingerprint density at radius 2 is 1.90 bits per heavy atom. The predicted octanol–water partition coefficient (Wildman–Crippen LogP) is 2.39. The molecular formula is C18H26N2O. The molecule has 0 radical (unpaired) electrons. The van der Waals surface area contributed by atoms with Crippen molar-refractivity contribution in [1.82, 2.24) is 10.2 Å². The van der Waals surface area contributed by atoms with Crippen molar-refractivity contribution in [2.45, 2.75) is 44.6 Å². The van der Waals surface area contributed by atoms with Gasteiger partial charge in [0.05, 0.1) is 0 Å². The van der Waals surface area contributed by atoms with Crippen LogP contribution in [0.2, 0.25) is 0 Å². The molecule has 1 amide bonds. The highest BCUT2D eigenvalue weighted by Crippen LogP contribution is 2.28. The summed E-state index contributed by atoms with van der Waals surface area (Å²) in [6.45, 7) is 1.85. The summed E-state index contributed by atoms with van der Waals surface area (Å²) in [6, 6.07) is 9.29. The van der Waals surface area contributed by atoms with Gasteiger partial charge in [0.25, 0.3) is 0 Å². The fraction of sp³-hybridized carbons (Fsp3) is 0.611. The van der Waals surface area contributed by atoms with E-state index in [1.165, 1.54) is 11.1 Å². The summed E-state index contributed by atoms with van der Waals surface area (Å²) in [7, 11) is 2.02. The number of hydrogen-bond acceptors (Lipinski definition) is 2. The fourth-order valence-corrected chi connectivity index (χ4v) is 3.74. The Balaban J connectivity index is 1.52. The molecule has 1 unspecified atom stereocenters. The van der Waals surface area contributed by atoms with Gasteiger partial charge in [0.2, 0.25) is 5.91 Å². The van der Waals surface area contributed by atoms with Crippen LogP contribution < -0.4 is 5.32 Å². The first-order valence-corrected chi connectivity index (χ1v) is 8.28. The third-order valence-corrected chi connectivity index (χ3v) is 5.17. The Hall–Kier alpha value is -1.35. The first-order chi connectivity index (χ1) is 10.3. The molecule has 1 heterocycles. The van der Waals surface area contributed by atoms with Crippen molar-refractivity contribution >= 4 is 5.91 Å². The molecule has 3 heteroatoms. The summed E-state index contributed by atoms with van der Waals surface area (Å²) >= 11 is 0. The maximum atomic E-state index is 12.5. The summed E-state index contributed by atoms with van der Waals surface area (Å²) in [5.74, 6) is 0.906. The maximum Gasteiger partial charge on any atom is 0.222 e. The van der Waals surface area contributed by atoms with Crippen molar-refractivity contribution in [1.29, 1.82) is 0 Å². The van der Waals surface area contributed by atoms with E-state index in [9.17, 15) is 4.79 Å². The molecule has 1 aromatic rings. The van der Waals surface area contributed by atoms with Crippen molar-refractivity contribution in [3.63, 3.8) is 0 Å². The van der Waals surface area contributed by atoms with Crippen molar-refractivity contribution < 1.29 is 4.79 Å². The Bertz CT molecular complexity index is 492. The lowest BCUT2D eigenvalue weighted by molar-refractivity contribution is -0.133. The molecule has 114 valence electrons. The van der Waals surface area contributed by atoms with Crippen LogP contribution >= 0.6 is 0 Å². The summed E-state index contributed by atoms with van der Waals surface area (Å²) in [4.78, 5) is 14.6. The van der Waals surface area contributed by atoms with Crippen LogP contribution in [-0.2, 0) is 17.6 Å². The van der Waals surface area contributed by atoms with Crippen molar-refractivity contribution in [2.24, 2.45) is 5.92 Å². The first kappa shape index (κ1) is 14.6. The quantitative estimate of drug-likeness (QED) is 0.925. The molecule has 1 aromatic carbocycles. The third-order valence-electron chi connectivity index (χ3n) is 5.17. The average Bonchev–Trinajstić information content (AvgIpc) is 2.55. The molecule has 0 bridgehead atoms. The van der Waals surface area contributed by atoms with Gasteiger partial charge in [0, 0.05) is 25.6 Å². The number of nitrogens with zero attached hydrogens (tertiary/aromatic N) is 1. The number of piperidine rings is 1. The van der Waals surface area contributed by atoms with E-state index in [0.29, 0.717) is 17.9 Å². The van der Waals surface area contributed by atoms with Gasteiger partial charge in [-0.25, -0.2) is 0 Å². The largest absolute Gasteiger partial charge is 0.343 e. The number of aryl methyl sites for hydroxylation is 1. The molecule has 1 atom stereocenters. The standard InChI is InChI=1S/C18H26N2O/c1-19-17-8-10-20(11-9-17)18(21)13-14-6-7-15-4-2-3-5-16(15)12-14/h2-5,14,17,19H,6-13H2,1H3. The van der Waals surface area contributed by atoms with E-state index in [0.717, 1.165) is 51.6 Å². The Morgan fingerprint density at radius 3 is 2.62 bits per heavy atom. The van der Waals surface area contributed by atoms with Crippen LogP contribution in [0.15, 0.2) is 24.3 Å². The smallest absolute Gasteiger partial charge is 0.222 e. The zero-order valence-corrected chi connectivity index (χ0v) is 13.0. The van der Waals surface area contributed by atoms with Gasteiger partial charge in [0.1, 0.15) is 0 Å². The lowest BCUT2D eigenvalue weighted by Gasteiger charge is -2.33. The highest BCUT2D eigenvalue weighted by Gasteiger charge is 2.26. The number of hydrogen-bond donors (Lipinski definition) is 1. The van der Waals surface area contributed by atoms with E-state index in [2.05, 4.69) is 34.5 Å². The minimum Gasteiger partial charge on any atom is -0.343 e. The maximum absolute atomic E-state index is 12.5. The molecule has 1 aliphatic heterocycles. The van der Waals surface area contributed by atoms with Crippen LogP contribution in [0.25, 0.3) is 0 Å². The topological polar surface area (TPSA) is 32.3 Å². The van der Waals surface area contributed by atoms with Gasteiger partial charge in [-0.05, 0) is 56.2 Å². The number of carbonyl (C=O) groups excluding carboxylic acids is 1. The van der Waals surface area contributed by atoms with Crippen LogP contribution in [0.1, 0.15) is 36.8 Å². The fourth-order valence-electron chi connectivity index (χ4n) is 3.74. The van der Waals surface area contributed by atoms with Crippen molar-refractivity contribution in [3.8, 4) is 0 Å². The summed E-state index contributed by atoms with van der Waals surface area (Å²) in [5, 5.41) is 3.32. The Labute approximate surface area is 127 Å². The molecular weight excluding hydrogens is 260 g/mol. The zero-order chi connectivity index (χ0) is 14.7. The molecule has 2 aliphatic rings. The van der Waals surface area contributed by atoms with Gasteiger partial charge in [-0.3, -0.25) is 4.79 Å². The van der Waals surface area contributed by atoms with Gasteiger partial charge in [0.15, 0.2) is 0 Å². The van der Waals surface area contributed by atoms with Crippen LogP contribution in [0, 0.1) is 5.92 Å². The van der Waals surface area contributed by atoms with Gasteiger partial charge < -0.3 is 10.2 Å². The van der Waals surface area contributed by atoms with E-state index in [-0.39, 0.29) is 0 Å². The molecule has 0 aromatic heterocycles. The number of benzene rings is 1. The number of rotatable bonds is 3. The molecule has 3 nitrogen and oxygen atoms in total. The lowest BCUT2D eigenvalue weighted by atomic mass is 9.82. The number of amides is 1. The molecule has 3 rings (SSSR count). The summed E-state index contributed by atoms with van der Waals surface area (Å²) in [6.07, 6.45) is 6.30. The van der Waals surface area contributed by atoms with E-state index in [1.54, 1.807) is 0 Å². The molecule has 0 saturated carbocycles. The first-order valence-electron chi connectivity index (χ1n) is 8.28. The highest BCUT2D eigenvalue weighted by molar-refractivity contribution is 5.76. The average molecular weight is 286 g/mol. The minimum atomic E-state index is 0.369. The van der Waals surface area contributed by atoms with Crippen molar-refractivity contribution in [2.75, 3.05) is 20.1 Å². The normalized spacial score (nSPS) is 22.9. The van der Waals surface area contributed by atoms with Gasteiger partial charge >= 0.3 is 0 Å². The zero-order valence-electron chi connectivity index (χ0n) is 13.0. The monoisotopic (exact) mass is 286 g/mol. The predicted molar refractivity (Wildman–Crippen MR) is 85.2 cm³/mol. The number of fused-ring (bicyclic) bond motifs is 1. The molecule has 1 aliphatic carbocycles. The van der Waals surface area contributed by atoms with Crippen LogP contribution in [0.4, 0.5) is 0 Å². The lowest BCUT2D eigenvalue weighted by Crippen LogP contribution is -2.44. The number of nitrogens with one attached hydrogen (secondary N) is 1. The highest BCUT2D eigenvalue weighted by atomic mass is 16.2. The van der Waals surface area contributed by atoms with Gasteiger partial charge in [-0.1, -0.05) is 24.3 Å². The molecule has 0 spiro atoms. The Kier molecular flexibility index (Phi) is 4.59. The third kappa shape index (κ3) is 3.46. The van der Waals surface area contributed by atoms with Gasteiger partial charge in [-0.15, -0.1) is 0 Å². The van der Waals surface area contributed by atoms with E-state index in [4.69, 9.17) is 0 Å². The molecule has 21 heavy (non-hydrogen) atoms.